The second kappa shape index (κ2) is 2.81. The van der Waals surface area contributed by atoms with Gasteiger partial charge in [0, 0.05) is 17.5 Å². The Bertz CT molecular complexity index is 441. The molecule has 3 rings (SSSR count). The molecule has 2 aromatic rings. The third-order valence-electron chi connectivity index (χ3n) is 2.40. The molecule has 0 spiro atoms. The molecular weight excluding hydrogens is 196 g/mol. The summed E-state index contributed by atoms with van der Waals surface area (Å²) in [6.45, 7) is 0. The lowest BCUT2D eigenvalue weighted by atomic mass is 10.2. The first-order chi connectivity index (χ1) is 6.86. The fourth-order valence-electron chi connectivity index (χ4n) is 1.61. The van der Waals surface area contributed by atoms with E-state index in [1.807, 2.05) is 10.1 Å². The van der Waals surface area contributed by atoms with Gasteiger partial charge < -0.3 is 5.73 Å². The predicted molar refractivity (Wildman–Crippen MR) is 55.6 cm³/mol. The molecule has 0 amide bonds. The van der Waals surface area contributed by atoms with E-state index in [0.29, 0.717) is 5.92 Å². The third kappa shape index (κ3) is 1.13. The summed E-state index contributed by atoms with van der Waals surface area (Å²) >= 11 is 1.58. The average Bonchev–Trinajstić information content (AvgIpc) is 2.75. The number of nitrogens with two attached hydrogens (primary N) is 1. The molecule has 0 radical (unpaired) electrons. The number of anilines is 1. The van der Waals surface area contributed by atoms with Crippen LogP contribution in [0.4, 0.5) is 5.69 Å². The van der Waals surface area contributed by atoms with Crippen LogP contribution < -0.4 is 5.73 Å². The van der Waals surface area contributed by atoms with Crippen LogP contribution >= 0.6 is 11.3 Å². The molecule has 4 nitrogen and oxygen atoms in total. The molecule has 0 atom stereocenters. The van der Waals surface area contributed by atoms with Crippen molar-refractivity contribution in [3.05, 3.63) is 23.5 Å². The number of hydrogen-bond acceptors (Lipinski definition) is 4. The second-order valence-corrected chi connectivity index (χ2v) is 4.36. The molecular formula is C9H10N4S. The van der Waals surface area contributed by atoms with E-state index in [1.54, 1.807) is 23.7 Å². The Morgan fingerprint density at radius 2 is 2.36 bits per heavy atom. The molecule has 2 aromatic heterocycles. The zero-order valence-electron chi connectivity index (χ0n) is 7.55. The van der Waals surface area contributed by atoms with Gasteiger partial charge in [0.15, 0.2) is 0 Å². The van der Waals surface area contributed by atoms with Crippen LogP contribution in [-0.2, 0) is 0 Å². The van der Waals surface area contributed by atoms with Crippen LogP contribution in [0.15, 0.2) is 17.8 Å². The highest BCUT2D eigenvalue weighted by atomic mass is 32.1. The summed E-state index contributed by atoms with van der Waals surface area (Å²) < 4.78 is 1.87. The minimum absolute atomic E-state index is 0.599. The number of hydrogen-bond donors (Lipinski definition) is 1. The number of thiazole rings is 1. The van der Waals surface area contributed by atoms with E-state index < -0.39 is 0 Å². The zero-order valence-corrected chi connectivity index (χ0v) is 8.37. The predicted octanol–water partition coefficient (Wildman–Crippen LogP) is 1.79. The lowest BCUT2D eigenvalue weighted by molar-refractivity contribution is 0.802. The minimum Gasteiger partial charge on any atom is -0.396 e. The summed E-state index contributed by atoms with van der Waals surface area (Å²) in [6, 6.07) is 0. The van der Waals surface area contributed by atoms with Gasteiger partial charge in [-0.05, 0) is 12.8 Å². The van der Waals surface area contributed by atoms with Gasteiger partial charge in [0.2, 0.25) is 5.13 Å². The zero-order chi connectivity index (χ0) is 9.54. The van der Waals surface area contributed by atoms with Gasteiger partial charge in [-0.1, -0.05) is 0 Å². The summed E-state index contributed by atoms with van der Waals surface area (Å²) in [5, 5.41) is 7.11. The number of aromatic nitrogens is 3. The molecule has 2 N–H and O–H groups in total. The normalized spacial score (nSPS) is 16.0. The first-order valence-electron chi connectivity index (χ1n) is 4.59. The number of nitrogens with zero attached hydrogens (tertiary/aromatic N) is 3. The molecule has 0 saturated heterocycles. The fraction of sp³-hybridized carbons (Fsp3) is 0.333. The first-order valence-corrected chi connectivity index (χ1v) is 5.47. The van der Waals surface area contributed by atoms with Gasteiger partial charge in [-0.3, -0.25) is 0 Å². The van der Waals surface area contributed by atoms with Crippen LogP contribution in [0.1, 0.15) is 24.5 Å². The Hall–Kier alpha value is -1.36. The van der Waals surface area contributed by atoms with E-state index in [1.165, 1.54) is 12.8 Å². The Labute approximate surface area is 85.4 Å². The minimum atomic E-state index is 0.599. The van der Waals surface area contributed by atoms with E-state index in [4.69, 9.17) is 5.73 Å². The highest BCUT2D eigenvalue weighted by Gasteiger charge is 2.30. The third-order valence-corrected chi connectivity index (χ3v) is 3.15. The molecule has 0 unspecified atom stereocenters. The Morgan fingerprint density at radius 1 is 1.50 bits per heavy atom. The maximum Gasteiger partial charge on any atom is 0.210 e. The smallest absolute Gasteiger partial charge is 0.210 e. The van der Waals surface area contributed by atoms with Gasteiger partial charge in [0.05, 0.1) is 17.6 Å². The molecule has 1 aliphatic rings. The van der Waals surface area contributed by atoms with Crippen LogP contribution in [0.3, 0.4) is 0 Å². The van der Waals surface area contributed by atoms with Crippen molar-refractivity contribution >= 4 is 17.0 Å². The molecule has 0 bridgehead atoms. The largest absolute Gasteiger partial charge is 0.396 e. The SMILES string of the molecule is Nc1cnn(-c2nccs2)c1C1CC1. The average molecular weight is 206 g/mol. The highest BCUT2D eigenvalue weighted by molar-refractivity contribution is 7.12. The van der Waals surface area contributed by atoms with Crippen molar-refractivity contribution in [1.29, 1.82) is 0 Å². The number of nitrogen functional groups attached to an aromatic ring is 1. The lowest BCUT2D eigenvalue weighted by Gasteiger charge is -2.02. The lowest BCUT2D eigenvalue weighted by Crippen LogP contribution is -2.01. The van der Waals surface area contributed by atoms with Gasteiger partial charge in [-0.2, -0.15) is 5.10 Å². The molecule has 1 aliphatic carbocycles. The van der Waals surface area contributed by atoms with Crippen molar-refractivity contribution < 1.29 is 0 Å². The fourth-order valence-corrected chi connectivity index (χ4v) is 2.22. The van der Waals surface area contributed by atoms with E-state index in [0.717, 1.165) is 16.5 Å². The van der Waals surface area contributed by atoms with Crippen LogP contribution in [-0.4, -0.2) is 14.8 Å². The van der Waals surface area contributed by atoms with Crippen molar-refractivity contribution in [2.45, 2.75) is 18.8 Å². The van der Waals surface area contributed by atoms with Gasteiger partial charge >= 0.3 is 0 Å². The maximum atomic E-state index is 5.88. The van der Waals surface area contributed by atoms with E-state index in [9.17, 15) is 0 Å². The van der Waals surface area contributed by atoms with Crippen LogP contribution in [0.2, 0.25) is 0 Å². The summed E-state index contributed by atoms with van der Waals surface area (Å²) in [4.78, 5) is 4.23. The second-order valence-electron chi connectivity index (χ2n) is 3.49. The molecule has 2 heterocycles. The number of rotatable bonds is 2. The molecule has 0 aliphatic heterocycles. The summed E-state index contributed by atoms with van der Waals surface area (Å²) in [6.07, 6.45) is 5.95. The molecule has 72 valence electrons. The standard InChI is InChI=1S/C9H10N4S/c10-7-5-12-13(8(7)6-1-2-6)9-11-3-4-14-9/h3-6H,1-2,10H2. The molecule has 5 heteroatoms. The molecule has 1 fully saturated rings. The van der Waals surface area contributed by atoms with E-state index in [2.05, 4.69) is 10.1 Å². The maximum absolute atomic E-state index is 5.88. The summed E-state index contributed by atoms with van der Waals surface area (Å²) in [5.74, 6) is 0.599. The Morgan fingerprint density at radius 3 is 3.00 bits per heavy atom. The van der Waals surface area contributed by atoms with Gasteiger partial charge in [-0.15, -0.1) is 11.3 Å². The topological polar surface area (TPSA) is 56.7 Å². The van der Waals surface area contributed by atoms with Crippen molar-refractivity contribution in [2.75, 3.05) is 5.73 Å². The van der Waals surface area contributed by atoms with Crippen LogP contribution in [0, 0.1) is 0 Å². The highest BCUT2D eigenvalue weighted by Crippen LogP contribution is 2.43. The monoisotopic (exact) mass is 206 g/mol. The Kier molecular flexibility index (Phi) is 1.61. The van der Waals surface area contributed by atoms with Crippen LogP contribution in [0.5, 0.6) is 0 Å². The van der Waals surface area contributed by atoms with Crippen molar-refractivity contribution in [3.8, 4) is 5.13 Å². The van der Waals surface area contributed by atoms with Crippen molar-refractivity contribution in [1.82, 2.24) is 14.8 Å². The van der Waals surface area contributed by atoms with Gasteiger partial charge in [0.1, 0.15) is 0 Å². The van der Waals surface area contributed by atoms with Gasteiger partial charge in [0.25, 0.3) is 0 Å². The Balaban J connectivity index is 2.13. The van der Waals surface area contributed by atoms with Gasteiger partial charge in [-0.25, -0.2) is 9.67 Å². The molecule has 14 heavy (non-hydrogen) atoms. The quantitative estimate of drug-likeness (QED) is 0.815. The summed E-state index contributed by atoms with van der Waals surface area (Å²) in [7, 11) is 0. The van der Waals surface area contributed by atoms with E-state index >= 15 is 0 Å². The first kappa shape index (κ1) is 7.99. The molecule has 0 aromatic carbocycles. The van der Waals surface area contributed by atoms with E-state index in [-0.39, 0.29) is 0 Å². The van der Waals surface area contributed by atoms with Crippen molar-refractivity contribution in [2.24, 2.45) is 0 Å². The van der Waals surface area contributed by atoms with Crippen LogP contribution in [0.25, 0.3) is 5.13 Å². The summed E-state index contributed by atoms with van der Waals surface area (Å²) in [5.41, 5.74) is 7.81. The van der Waals surface area contributed by atoms with Crippen molar-refractivity contribution in [3.63, 3.8) is 0 Å². The molecule has 1 saturated carbocycles.